The van der Waals surface area contributed by atoms with Crippen molar-refractivity contribution >= 4 is 32.1 Å². The van der Waals surface area contributed by atoms with Crippen molar-refractivity contribution < 1.29 is 4.31 Å². The van der Waals surface area contributed by atoms with Gasteiger partial charge in [0, 0.05) is 44.6 Å². The molecule has 0 aromatic heterocycles. The summed E-state index contributed by atoms with van der Waals surface area (Å²) in [7, 11) is -2.04. The molecule has 4 aliphatic rings. The van der Waals surface area contributed by atoms with Gasteiger partial charge in [0.15, 0.2) is 0 Å². The average molecular weight is 875 g/mol. The number of allylic oxidation sites excluding steroid dienone is 1. The number of hydrogen-bond acceptors (Lipinski definition) is 1. The zero-order valence-corrected chi connectivity index (χ0v) is 41.7. The Morgan fingerprint density at radius 2 is 0.967 bits per heavy atom. The van der Waals surface area contributed by atoms with Gasteiger partial charge in [-0.15, -0.1) is 0 Å². The van der Waals surface area contributed by atoms with Crippen molar-refractivity contribution in [2.24, 2.45) is 11.8 Å². The number of benzene rings is 4. The minimum atomic E-state index is -0.851. The first-order valence-electron chi connectivity index (χ1n) is 23.7. The zero-order chi connectivity index (χ0) is 42.2. The van der Waals surface area contributed by atoms with E-state index >= 15 is 0 Å². The summed E-state index contributed by atoms with van der Waals surface area (Å²) in [4.78, 5) is 0. The molecule has 4 heterocycles. The molecule has 5 heteroatoms. The molecule has 320 valence electrons. The first-order chi connectivity index (χ1) is 29.0. The molecule has 0 radical (unpaired) electrons. The number of rotatable bonds is 14. The summed E-state index contributed by atoms with van der Waals surface area (Å²) in [6.45, 7) is 25.9. The lowest BCUT2D eigenvalue weighted by atomic mass is 9.77. The Hall–Kier alpha value is -1.70. The molecule has 4 aromatic rings. The third-order valence-corrected chi connectivity index (χ3v) is 31.9. The van der Waals surface area contributed by atoms with Gasteiger partial charge in [0.2, 0.25) is 0 Å². The Morgan fingerprint density at radius 1 is 0.533 bits per heavy atom. The molecule has 0 N–H and O–H groups in total. The molecule has 4 aliphatic heterocycles. The van der Waals surface area contributed by atoms with Crippen LogP contribution in [0.25, 0.3) is 0 Å². The van der Waals surface area contributed by atoms with Crippen molar-refractivity contribution in [2.45, 2.75) is 169 Å². The molecule has 8 rings (SSSR count). The quantitative estimate of drug-likeness (QED) is 0.0906. The molecule has 0 saturated carbocycles. The van der Waals surface area contributed by atoms with E-state index in [1.54, 1.807) is 0 Å². The van der Waals surface area contributed by atoms with Crippen LogP contribution in [0.2, 0.25) is 0 Å². The lowest BCUT2D eigenvalue weighted by Crippen LogP contribution is -2.47. The summed E-state index contributed by atoms with van der Waals surface area (Å²) < 4.78 is 8.26. The van der Waals surface area contributed by atoms with Crippen LogP contribution in [0.1, 0.15) is 158 Å². The van der Waals surface area contributed by atoms with E-state index in [-0.39, 0.29) is 21.0 Å². The monoisotopic (exact) mass is 874 g/mol. The summed E-state index contributed by atoms with van der Waals surface area (Å²) in [5.41, 5.74) is 12.3. The first kappa shape index (κ1) is 44.9. The Morgan fingerprint density at radius 3 is 1.40 bits per heavy atom. The fourth-order valence-electron chi connectivity index (χ4n) is 12.9. The van der Waals surface area contributed by atoms with E-state index in [2.05, 4.69) is 177 Å². The molecule has 12 atom stereocenters. The van der Waals surface area contributed by atoms with E-state index in [9.17, 15) is 0 Å². The van der Waals surface area contributed by atoms with Crippen LogP contribution >= 0.6 is 32.1 Å². The van der Waals surface area contributed by atoms with Crippen molar-refractivity contribution in [3.05, 3.63) is 156 Å². The second-order valence-electron chi connectivity index (χ2n) is 19.8. The third-order valence-electron chi connectivity index (χ3n) is 16.3. The Kier molecular flexibility index (Phi) is 14.4. The highest BCUT2D eigenvalue weighted by atomic mass is 31.2. The Bertz CT molecular complexity index is 1920. The van der Waals surface area contributed by atoms with Crippen LogP contribution in [0.15, 0.2) is 133 Å². The molecule has 1 nitrogen and oxygen atoms in total. The van der Waals surface area contributed by atoms with Crippen LogP contribution < -0.4 is 0 Å². The summed E-state index contributed by atoms with van der Waals surface area (Å²) in [5.74, 6) is 1.24. The maximum atomic E-state index is 8.26. The van der Waals surface area contributed by atoms with E-state index in [0.717, 1.165) is 17.0 Å². The van der Waals surface area contributed by atoms with Crippen LogP contribution in [-0.2, 0) is 4.31 Å². The largest absolute Gasteiger partial charge is 0.335 e. The van der Waals surface area contributed by atoms with Gasteiger partial charge in [-0.2, -0.15) is 0 Å². The van der Waals surface area contributed by atoms with Crippen molar-refractivity contribution in [2.75, 3.05) is 0 Å². The van der Waals surface area contributed by atoms with Gasteiger partial charge in [-0.25, -0.2) is 0 Å². The molecule has 4 saturated heterocycles. The van der Waals surface area contributed by atoms with Crippen LogP contribution in [-0.4, -0.2) is 32.9 Å². The smallest absolute Gasteiger partial charge is 0.0497 e. The van der Waals surface area contributed by atoms with Crippen molar-refractivity contribution in [3.63, 3.8) is 0 Å². The maximum Gasteiger partial charge on any atom is 0.0497 e. The SMILES string of the molecule is C=C(C)[C@@H]1CC(C2C[C@@H](c3ccccc3)P(OP3[C@H](c4ccccc4)CC[C@H]3c3ccccc3)[C@@H]2c2ccccc2)[C@@H](CC)P1C(C)(C)C(C)(C)P1[C@@H](CC)CC[C@@H]1CC. The Labute approximate surface area is 370 Å². The molecule has 60 heavy (non-hydrogen) atoms. The zero-order valence-electron chi connectivity index (χ0n) is 38.1. The average Bonchev–Trinajstić information content (AvgIpc) is 4.08. The van der Waals surface area contributed by atoms with Gasteiger partial charge in [0.05, 0.1) is 0 Å². The second kappa shape index (κ2) is 19.2. The van der Waals surface area contributed by atoms with Gasteiger partial charge in [-0.3, -0.25) is 0 Å². The standard InChI is InChI=1S/C55H74OP4/c1-10-44-33-34-45(11-2)57(44)54(6,7)55(8,9)58-48(12-3)46(37-51(58)39(4)5)47-38-52(42-29-21-15-22-30-42)60(53(47)43-31-23-16-24-32-43)56-59-49(40-25-17-13-18-26-40)35-36-50(59)41-27-19-14-20-28-41/h13-32,44-53H,4,10-12,33-38H2,1-3,5-9H3/t44-,45-,46?,47?,48+,49-,50-,51-,52-,53+,58?,60?/m0/s1. The fraction of sp³-hybridized carbons (Fsp3) is 0.527. The predicted molar refractivity (Wildman–Crippen MR) is 269 cm³/mol. The lowest BCUT2D eigenvalue weighted by Gasteiger charge is -2.56. The molecule has 0 aliphatic carbocycles. The molecule has 0 amide bonds. The van der Waals surface area contributed by atoms with E-state index in [1.165, 1.54) is 85.6 Å². The van der Waals surface area contributed by atoms with Crippen molar-refractivity contribution in [1.82, 2.24) is 0 Å². The maximum absolute atomic E-state index is 8.26. The highest BCUT2D eigenvalue weighted by molar-refractivity contribution is 7.67. The third kappa shape index (κ3) is 8.38. The van der Waals surface area contributed by atoms with Gasteiger partial charge >= 0.3 is 0 Å². The van der Waals surface area contributed by atoms with Crippen LogP contribution in [0, 0.1) is 11.8 Å². The van der Waals surface area contributed by atoms with Crippen molar-refractivity contribution in [1.29, 1.82) is 0 Å². The van der Waals surface area contributed by atoms with Gasteiger partial charge in [-0.05, 0) is 126 Å². The second-order valence-corrected chi connectivity index (χ2v) is 30.9. The van der Waals surface area contributed by atoms with Gasteiger partial charge in [0.25, 0.3) is 0 Å². The molecule has 4 fully saturated rings. The van der Waals surface area contributed by atoms with E-state index in [0.29, 0.717) is 45.3 Å². The van der Waals surface area contributed by atoms with E-state index in [1.807, 2.05) is 0 Å². The summed E-state index contributed by atoms with van der Waals surface area (Å²) >= 11 is 0. The van der Waals surface area contributed by atoms with Gasteiger partial charge < -0.3 is 4.31 Å². The minimum absolute atomic E-state index is 0.0796. The highest BCUT2D eigenvalue weighted by Gasteiger charge is 2.61. The molecular formula is C55H74OP4. The van der Waals surface area contributed by atoms with Gasteiger partial charge in [0.1, 0.15) is 0 Å². The minimum Gasteiger partial charge on any atom is -0.335 e. The Balaban J connectivity index is 1.23. The van der Waals surface area contributed by atoms with E-state index < -0.39 is 16.3 Å². The van der Waals surface area contributed by atoms with Gasteiger partial charge in [-0.1, -0.05) is 198 Å². The predicted octanol–water partition coefficient (Wildman–Crippen LogP) is 18.2. The summed E-state index contributed by atoms with van der Waals surface area (Å²) in [6.07, 6.45) is 11.8. The molecule has 4 unspecified atom stereocenters. The van der Waals surface area contributed by atoms with Crippen LogP contribution in [0.5, 0.6) is 0 Å². The van der Waals surface area contributed by atoms with Crippen LogP contribution in [0.3, 0.4) is 0 Å². The molecule has 0 spiro atoms. The highest BCUT2D eigenvalue weighted by Crippen LogP contribution is 2.86. The normalized spacial score (nSPS) is 32.8. The molecular weight excluding hydrogens is 800 g/mol. The van der Waals surface area contributed by atoms with Crippen LogP contribution in [0.4, 0.5) is 0 Å². The lowest BCUT2D eigenvalue weighted by molar-refractivity contribution is 0.301. The molecule has 4 aromatic carbocycles. The number of hydrogen-bond donors (Lipinski definition) is 0. The van der Waals surface area contributed by atoms with Crippen molar-refractivity contribution in [3.8, 4) is 0 Å². The molecule has 0 bridgehead atoms. The fourth-order valence-corrected chi connectivity index (χ4v) is 30.3. The summed E-state index contributed by atoms with van der Waals surface area (Å²) in [6, 6.07) is 46.4. The first-order valence-corrected chi connectivity index (χ1v) is 29.4. The van der Waals surface area contributed by atoms with E-state index in [4.69, 9.17) is 10.9 Å². The summed E-state index contributed by atoms with van der Waals surface area (Å²) in [5, 5.41) is 0.584. The topological polar surface area (TPSA) is 9.23 Å².